The summed E-state index contributed by atoms with van der Waals surface area (Å²) in [6, 6.07) is 6.84. The quantitative estimate of drug-likeness (QED) is 0.391. The van der Waals surface area contributed by atoms with Crippen molar-refractivity contribution in [1.29, 1.82) is 0 Å². The van der Waals surface area contributed by atoms with Crippen LogP contribution in [-0.4, -0.2) is 29.0 Å². The predicted molar refractivity (Wildman–Crippen MR) is 101 cm³/mol. The second-order valence-corrected chi connectivity index (χ2v) is 6.54. The molecule has 0 saturated heterocycles. The predicted octanol–water partition coefficient (Wildman–Crippen LogP) is 2.84. The van der Waals surface area contributed by atoms with E-state index < -0.39 is 5.97 Å². The summed E-state index contributed by atoms with van der Waals surface area (Å²) in [6.45, 7) is 3.35. The Labute approximate surface area is 153 Å². The van der Waals surface area contributed by atoms with Crippen LogP contribution in [0.4, 0.5) is 0 Å². The molecule has 0 amide bonds. The highest BCUT2D eigenvalue weighted by Gasteiger charge is 2.09. The lowest BCUT2D eigenvalue weighted by Crippen LogP contribution is -2.16. The summed E-state index contributed by atoms with van der Waals surface area (Å²) in [5.74, 6) is 0.288. The molecule has 0 fully saturated rings. The normalized spacial score (nSPS) is 11.2. The van der Waals surface area contributed by atoms with Gasteiger partial charge in [-0.25, -0.2) is 4.98 Å². The van der Waals surface area contributed by atoms with Crippen molar-refractivity contribution in [3.63, 3.8) is 0 Å². The van der Waals surface area contributed by atoms with Crippen LogP contribution in [0.5, 0.6) is 11.5 Å². The number of hydrogen-bond donors (Lipinski definition) is 0. The van der Waals surface area contributed by atoms with Crippen LogP contribution < -0.4 is 15.0 Å². The van der Waals surface area contributed by atoms with Crippen LogP contribution in [0, 0.1) is 0 Å². The van der Waals surface area contributed by atoms with E-state index in [4.69, 9.17) is 9.47 Å². The highest BCUT2D eigenvalue weighted by molar-refractivity contribution is 7.18. The number of nitrogens with zero attached hydrogens (tertiary/aromatic N) is 3. The molecule has 7 nitrogen and oxygen atoms in total. The molecule has 2 aromatic heterocycles. The first-order valence-electron chi connectivity index (χ1n) is 7.92. The van der Waals surface area contributed by atoms with Gasteiger partial charge in [0.1, 0.15) is 11.2 Å². The van der Waals surface area contributed by atoms with E-state index in [9.17, 15) is 9.59 Å². The molecule has 0 spiro atoms. The van der Waals surface area contributed by atoms with E-state index in [0.29, 0.717) is 27.3 Å². The fourth-order valence-corrected chi connectivity index (χ4v) is 3.28. The lowest BCUT2D eigenvalue weighted by atomic mass is 10.2. The van der Waals surface area contributed by atoms with E-state index >= 15 is 0 Å². The summed E-state index contributed by atoms with van der Waals surface area (Å²) in [7, 11) is 1.48. The molecule has 0 atom stereocenters. The Balaban J connectivity index is 1.92. The topological polar surface area (TPSA) is 82.8 Å². The van der Waals surface area contributed by atoms with Crippen molar-refractivity contribution in [2.45, 2.75) is 20.3 Å². The van der Waals surface area contributed by atoms with Gasteiger partial charge in [0.2, 0.25) is 0 Å². The van der Waals surface area contributed by atoms with Gasteiger partial charge in [-0.15, -0.1) is 11.3 Å². The molecular weight excluding hydrogens is 354 g/mol. The third-order valence-corrected chi connectivity index (χ3v) is 4.79. The maximum absolute atomic E-state index is 12.5. The molecule has 1 aromatic carbocycles. The molecule has 0 aliphatic carbocycles. The minimum Gasteiger partial charge on any atom is -0.493 e. The first-order valence-corrected chi connectivity index (χ1v) is 8.74. The van der Waals surface area contributed by atoms with Crippen LogP contribution in [0.2, 0.25) is 0 Å². The zero-order valence-electron chi connectivity index (χ0n) is 14.6. The number of hydrogen-bond acceptors (Lipinski definition) is 7. The van der Waals surface area contributed by atoms with Crippen molar-refractivity contribution in [3.05, 3.63) is 51.4 Å². The number of esters is 1. The highest BCUT2D eigenvalue weighted by atomic mass is 32.1. The van der Waals surface area contributed by atoms with Gasteiger partial charge in [-0.1, -0.05) is 6.92 Å². The molecule has 0 unspecified atom stereocenters. The van der Waals surface area contributed by atoms with E-state index in [2.05, 4.69) is 10.1 Å². The second-order valence-electron chi connectivity index (χ2n) is 5.43. The zero-order chi connectivity index (χ0) is 18.7. The molecule has 0 bridgehead atoms. The van der Waals surface area contributed by atoms with Gasteiger partial charge < -0.3 is 9.47 Å². The number of carbonyl (C=O) groups is 1. The van der Waals surface area contributed by atoms with E-state index in [-0.39, 0.29) is 5.56 Å². The number of aromatic nitrogens is 2. The summed E-state index contributed by atoms with van der Waals surface area (Å²) in [5.41, 5.74) is 0.468. The molecular formula is C18H17N3O4S. The molecule has 0 saturated carbocycles. The Morgan fingerprint density at radius 2 is 2.15 bits per heavy atom. The van der Waals surface area contributed by atoms with Gasteiger partial charge in [0, 0.05) is 11.8 Å². The molecule has 0 radical (unpaired) electrons. The number of carbonyl (C=O) groups excluding carboxylic acids is 1. The number of fused-ring (bicyclic) bond motifs is 1. The lowest BCUT2D eigenvalue weighted by molar-refractivity contribution is -0.132. The third kappa shape index (κ3) is 3.65. The number of rotatable bonds is 5. The van der Waals surface area contributed by atoms with E-state index in [1.165, 1.54) is 42.6 Å². The van der Waals surface area contributed by atoms with Gasteiger partial charge in [0.05, 0.1) is 18.7 Å². The van der Waals surface area contributed by atoms with Crippen molar-refractivity contribution < 1.29 is 14.3 Å². The monoisotopic (exact) mass is 371 g/mol. The minimum atomic E-state index is -0.433. The molecule has 0 aliphatic rings. The van der Waals surface area contributed by atoms with E-state index in [1.54, 1.807) is 18.2 Å². The molecule has 8 heteroatoms. The van der Waals surface area contributed by atoms with Crippen LogP contribution in [-0.2, 0) is 11.2 Å². The van der Waals surface area contributed by atoms with Crippen LogP contribution in [0.3, 0.4) is 0 Å². The third-order valence-electron chi connectivity index (χ3n) is 3.61. The van der Waals surface area contributed by atoms with Crippen molar-refractivity contribution in [1.82, 2.24) is 9.66 Å². The largest absolute Gasteiger partial charge is 0.493 e. The van der Waals surface area contributed by atoms with Crippen molar-refractivity contribution in [2.75, 3.05) is 7.11 Å². The molecule has 0 aliphatic heterocycles. The second kappa shape index (κ2) is 7.49. The Hall–Kier alpha value is -3.00. The SMILES string of the molecule is CCc1cc2c(=O)n(/N=C\c3ccc(OC(C)=O)c(OC)c3)cnc2s1. The Kier molecular flexibility index (Phi) is 5.13. The number of thiophene rings is 1. The molecule has 2 heterocycles. The van der Waals surface area contributed by atoms with Crippen molar-refractivity contribution >= 4 is 33.7 Å². The lowest BCUT2D eigenvalue weighted by Gasteiger charge is -2.08. The first-order chi connectivity index (χ1) is 12.5. The molecule has 0 N–H and O–H groups in total. The molecule has 3 rings (SSSR count). The maximum atomic E-state index is 12.5. The smallest absolute Gasteiger partial charge is 0.308 e. The van der Waals surface area contributed by atoms with Gasteiger partial charge in [0.15, 0.2) is 11.5 Å². The average Bonchev–Trinajstić information content (AvgIpc) is 3.06. The Bertz CT molecular complexity index is 1050. The molecule has 134 valence electrons. The summed E-state index contributed by atoms with van der Waals surface area (Å²) in [4.78, 5) is 29.7. The summed E-state index contributed by atoms with van der Waals surface area (Å²) >= 11 is 1.51. The molecule has 3 aromatic rings. The number of benzene rings is 1. The Morgan fingerprint density at radius 1 is 1.35 bits per heavy atom. The van der Waals surface area contributed by atoms with Crippen LogP contribution in [0.15, 0.2) is 40.5 Å². The highest BCUT2D eigenvalue weighted by Crippen LogP contribution is 2.27. The van der Waals surface area contributed by atoms with Gasteiger partial charge in [-0.05, 0) is 36.2 Å². The summed E-state index contributed by atoms with van der Waals surface area (Å²) in [6.07, 6.45) is 3.78. The van der Waals surface area contributed by atoms with Gasteiger partial charge >= 0.3 is 5.97 Å². The van der Waals surface area contributed by atoms with E-state index in [0.717, 1.165) is 11.3 Å². The fourth-order valence-electron chi connectivity index (χ4n) is 2.35. The molecule has 26 heavy (non-hydrogen) atoms. The number of aryl methyl sites for hydroxylation is 1. The average molecular weight is 371 g/mol. The van der Waals surface area contributed by atoms with Crippen LogP contribution >= 0.6 is 11.3 Å². The standard InChI is InChI=1S/C18H17N3O4S/c1-4-13-8-14-17(26-13)19-10-21(18(14)23)20-9-12-5-6-15(25-11(2)22)16(7-12)24-3/h5-10H,4H2,1-3H3/b20-9-. The minimum absolute atomic E-state index is 0.217. The van der Waals surface area contributed by atoms with Crippen LogP contribution in [0.1, 0.15) is 24.3 Å². The van der Waals surface area contributed by atoms with Gasteiger partial charge in [0.25, 0.3) is 5.56 Å². The summed E-state index contributed by atoms with van der Waals surface area (Å²) in [5, 5.41) is 4.75. The van der Waals surface area contributed by atoms with Crippen molar-refractivity contribution in [2.24, 2.45) is 5.10 Å². The van der Waals surface area contributed by atoms with Crippen LogP contribution in [0.25, 0.3) is 10.2 Å². The maximum Gasteiger partial charge on any atom is 0.308 e. The van der Waals surface area contributed by atoms with Crippen molar-refractivity contribution in [3.8, 4) is 11.5 Å². The fraction of sp³-hybridized carbons (Fsp3) is 0.222. The first kappa shape index (κ1) is 17.8. The Morgan fingerprint density at radius 3 is 2.85 bits per heavy atom. The van der Waals surface area contributed by atoms with Gasteiger partial charge in [-0.2, -0.15) is 9.78 Å². The van der Waals surface area contributed by atoms with E-state index in [1.807, 2.05) is 13.0 Å². The number of ether oxygens (including phenoxy) is 2. The summed E-state index contributed by atoms with van der Waals surface area (Å²) < 4.78 is 11.5. The van der Waals surface area contributed by atoms with Gasteiger partial charge in [-0.3, -0.25) is 9.59 Å². The number of methoxy groups -OCH3 is 1. The zero-order valence-corrected chi connectivity index (χ0v) is 15.4.